The summed E-state index contributed by atoms with van der Waals surface area (Å²) in [7, 11) is 0. The number of hydrogen-bond donors (Lipinski definition) is 3. The van der Waals surface area contributed by atoms with Crippen molar-refractivity contribution in [1.82, 2.24) is 0 Å². The monoisotopic (exact) mass is 487 g/mol. The van der Waals surface area contributed by atoms with E-state index in [0.29, 0.717) is 54.8 Å². The van der Waals surface area contributed by atoms with Gasteiger partial charge < -0.3 is 20.8 Å². The lowest BCUT2D eigenvalue weighted by molar-refractivity contribution is -0.139. The summed E-state index contributed by atoms with van der Waals surface area (Å²) in [5.74, 6) is 0.0474. The molecule has 1 unspecified atom stereocenters. The summed E-state index contributed by atoms with van der Waals surface area (Å²) >= 11 is 0. The van der Waals surface area contributed by atoms with E-state index in [2.05, 4.69) is 25.1 Å². The van der Waals surface area contributed by atoms with E-state index in [0.717, 1.165) is 57.1 Å². The first-order valence-corrected chi connectivity index (χ1v) is 12.5. The van der Waals surface area contributed by atoms with Crippen molar-refractivity contribution in [3.63, 3.8) is 0 Å². The number of carbonyl (C=O) groups excluding carboxylic acids is 1. The van der Waals surface area contributed by atoms with Crippen LogP contribution in [0.2, 0.25) is 0 Å². The van der Waals surface area contributed by atoms with Crippen LogP contribution in [-0.2, 0) is 19.2 Å². The summed E-state index contributed by atoms with van der Waals surface area (Å²) in [6.45, 7) is 5.56. The van der Waals surface area contributed by atoms with E-state index in [4.69, 9.17) is 20.8 Å². The lowest BCUT2D eigenvalue weighted by atomic mass is 9.43. The second kappa shape index (κ2) is 10.9. The number of hydrogen-bond acceptors (Lipinski definition) is 7. The maximum absolute atomic E-state index is 12.6. The molecule has 192 valence electrons. The lowest BCUT2D eigenvalue weighted by Gasteiger charge is -2.60. The van der Waals surface area contributed by atoms with Crippen LogP contribution in [-0.4, -0.2) is 46.8 Å². The number of ketones is 1. The molecule has 7 atom stereocenters. The van der Waals surface area contributed by atoms with Gasteiger partial charge in [-0.1, -0.05) is 19.0 Å². The molecular formula is C26H37N3O6. The van der Waals surface area contributed by atoms with Crippen molar-refractivity contribution in [3.05, 3.63) is 12.2 Å². The van der Waals surface area contributed by atoms with Gasteiger partial charge in [0.2, 0.25) is 0 Å². The second-order valence-corrected chi connectivity index (χ2v) is 10.9. The van der Waals surface area contributed by atoms with Crippen LogP contribution in [0.3, 0.4) is 0 Å². The summed E-state index contributed by atoms with van der Waals surface area (Å²) in [5, 5.41) is 29.9. The van der Waals surface area contributed by atoms with Crippen LogP contribution >= 0.6 is 0 Å². The highest BCUT2D eigenvalue weighted by molar-refractivity contribution is 5.89. The van der Waals surface area contributed by atoms with Gasteiger partial charge in [-0.15, -0.1) is 0 Å². The maximum atomic E-state index is 12.6. The standard InChI is InChI=1S/C22H33N3O2.C4H4O4/c1-21-7-5-15(25-27-10-9-23)12-19(21)14(13-24)11-16-17-3-4-20(26)22(17,2)8-6-18(16)21;5-3(6)1-2-4(7)8/h14,16-19H,3-12,23H2,1-2H3;1-2H,(H,5,6)(H,7,8)/b;2-1+/t14-,16+,17+,18+,19?,21-,22+;/m1./s1. The highest BCUT2D eigenvalue weighted by atomic mass is 16.6. The van der Waals surface area contributed by atoms with Gasteiger partial charge in [0.25, 0.3) is 0 Å². The van der Waals surface area contributed by atoms with Crippen LogP contribution in [0.4, 0.5) is 0 Å². The Morgan fingerprint density at radius 3 is 2.43 bits per heavy atom. The van der Waals surface area contributed by atoms with Gasteiger partial charge in [-0.25, -0.2) is 9.59 Å². The molecule has 0 aromatic carbocycles. The minimum absolute atomic E-state index is 0.0642. The molecule has 0 aromatic heterocycles. The SMILES string of the molecule is C[C@]12CCC(=NOCCN)CC1[C@@H](C#N)C[C@@H]1[C@@H]2CC[C@]2(C)C(=O)CC[C@@H]12.O=C(O)/C=C/C(=O)O. The van der Waals surface area contributed by atoms with Crippen LogP contribution in [0.15, 0.2) is 17.3 Å². The van der Waals surface area contributed by atoms with Crippen molar-refractivity contribution >= 4 is 23.4 Å². The summed E-state index contributed by atoms with van der Waals surface area (Å²) in [5.41, 5.74) is 6.65. The number of carboxylic acid groups (broad SMARTS) is 2. The van der Waals surface area contributed by atoms with Crippen molar-refractivity contribution in [2.75, 3.05) is 13.2 Å². The van der Waals surface area contributed by atoms with Crippen LogP contribution in [0, 0.1) is 51.8 Å². The molecular weight excluding hydrogens is 450 g/mol. The first-order valence-electron chi connectivity index (χ1n) is 12.5. The van der Waals surface area contributed by atoms with Crippen molar-refractivity contribution in [2.45, 2.75) is 65.2 Å². The Balaban J connectivity index is 0.000000371. The average Bonchev–Trinajstić information content (AvgIpc) is 3.12. The van der Waals surface area contributed by atoms with Crippen molar-refractivity contribution in [3.8, 4) is 6.07 Å². The predicted octanol–water partition coefficient (Wildman–Crippen LogP) is 3.39. The first kappa shape index (κ1) is 26.9. The van der Waals surface area contributed by atoms with Gasteiger partial charge in [0.15, 0.2) is 0 Å². The summed E-state index contributed by atoms with van der Waals surface area (Å²) in [6.07, 6.45) is 8.97. The number of carboxylic acids is 2. The van der Waals surface area contributed by atoms with Crippen molar-refractivity contribution in [2.24, 2.45) is 51.3 Å². The topological polar surface area (TPSA) is 163 Å². The number of nitrogens with two attached hydrogens (primary N) is 1. The Morgan fingerprint density at radius 1 is 1.14 bits per heavy atom. The zero-order valence-corrected chi connectivity index (χ0v) is 20.6. The molecule has 0 amide bonds. The van der Waals surface area contributed by atoms with Gasteiger partial charge in [-0.3, -0.25) is 4.79 Å². The van der Waals surface area contributed by atoms with Gasteiger partial charge >= 0.3 is 11.9 Å². The number of rotatable bonds is 5. The molecule has 4 N–H and O–H groups in total. The van der Waals surface area contributed by atoms with Crippen molar-refractivity contribution in [1.29, 1.82) is 5.26 Å². The van der Waals surface area contributed by atoms with Crippen LogP contribution < -0.4 is 5.73 Å². The van der Waals surface area contributed by atoms with E-state index >= 15 is 0 Å². The zero-order valence-electron chi connectivity index (χ0n) is 20.6. The summed E-state index contributed by atoms with van der Waals surface area (Å²) in [4.78, 5) is 37.0. The number of nitriles is 1. The number of carbonyl (C=O) groups is 3. The molecule has 9 heteroatoms. The van der Waals surface area contributed by atoms with Gasteiger partial charge in [0.1, 0.15) is 12.4 Å². The highest BCUT2D eigenvalue weighted by Crippen LogP contribution is 2.66. The molecule has 0 heterocycles. The van der Waals surface area contributed by atoms with E-state index < -0.39 is 11.9 Å². The smallest absolute Gasteiger partial charge is 0.328 e. The van der Waals surface area contributed by atoms with E-state index in [-0.39, 0.29) is 16.7 Å². The molecule has 9 nitrogen and oxygen atoms in total. The zero-order chi connectivity index (χ0) is 25.8. The molecule has 0 radical (unpaired) electrons. The first-order chi connectivity index (χ1) is 16.6. The minimum atomic E-state index is -1.26. The van der Waals surface area contributed by atoms with E-state index in [1.807, 2.05) is 0 Å². The average molecular weight is 488 g/mol. The molecule has 0 aliphatic heterocycles. The maximum Gasteiger partial charge on any atom is 0.328 e. The van der Waals surface area contributed by atoms with Crippen LogP contribution in [0.5, 0.6) is 0 Å². The third kappa shape index (κ3) is 5.43. The Morgan fingerprint density at radius 2 is 1.83 bits per heavy atom. The van der Waals surface area contributed by atoms with Gasteiger partial charge in [-0.05, 0) is 74.0 Å². The Kier molecular flexibility index (Phi) is 8.37. The fourth-order valence-electron chi connectivity index (χ4n) is 7.47. The molecule has 0 saturated heterocycles. The van der Waals surface area contributed by atoms with E-state index in [9.17, 15) is 19.6 Å². The Hall–Kier alpha value is -2.73. The number of fused-ring (bicyclic) bond motifs is 5. The fraction of sp³-hybridized carbons (Fsp3) is 0.731. The Labute approximate surface area is 206 Å². The molecule has 0 spiro atoms. The number of aliphatic carboxylic acids is 2. The molecule has 4 rings (SSSR count). The van der Waals surface area contributed by atoms with Crippen molar-refractivity contribution < 1.29 is 29.4 Å². The van der Waals surface area contributed by atoms with Crippen LogP contribution in [0.1, 0.15) is 65.2 Å². The third-order valence-electron chi connectivity index (χ3n) is 9.20. The predicted molar refractivity (Wildman–Crippen MR) is 128 cm³/mol. The summed E-state index contributed by atoms with van der Waals surface area (Å²) < 4.78 is 0. The number of Topliss-reactive ketones (excluding diaryl/α,β-unsaturated/α-hetero) is 1. The van der Waals surface area contributed by atoms with E-state index in [1.165, 1.54) is 0 Å². The number of nitrogens with zero attached hydrogens (tertiary/aromatic N) is 2. The minimum Gasteiger partial charge on any atom is -0.478 e. The molecule has 4 aliphatic rings. The molecule has 4 saturated carbocycles. The molecule has 4 fully saturated rings. The van der Waals surface area contributed by atoms with Gasteiger partial charge in [0.05, 0.1) is 17.7 Å². The van der Waals surface area contributed by atoms with E-state index in [1.54, 1.807) is 0 Å². The molecule has 35 heavy (non-hydrogen) atoms. The van der Waals surface area contributed by atoms with Crippen LogP contribution in [0.25, 0.3) is 0 Å². The highest BCUT2D eigenvalue weighted by Gasteiger charge is 2.62. The Bertz CT molecular complexity index is 924. The quantitative estimate of drug-likeness (QED) is 0.302. The van der Waals surface area contributed by atoms with Gasteiger partial charge in [0, 0.05) is 30.5 Å². The number of oxime groups is 1. The normalized spacial score (nSPS) is 39.0. The van der Waals surface area contributed by atoms with Gasteiger partial charge in [-0.2, -0.15) is 5.26 Å². The largest absolute Gasteiger partial charge is 0.478 e. The molecule has 4 aliphatic carbocycles. The second-order valence-electron chi connectivity index (χ2n) is 10.9. The molecule has 0 bridgehead atoms. The molecule has 0 aromatic rings. The summed E-state index contributed by atoms with van der Waals surface area (Å²) in [6, 6.07) is 2.65. The lowest BCUT2D eigenvalue weighted by Crippen LogP contribution is -2.56. The fourth-order valence-corrected chi connectivity index (χ4v) is 7.47. The third-order valence-corrected chi connectivity index (χ3v) is 9.20.